The van der Waals surface area contributed by atoms with Gasteiger partial charge in [-0.15, -0.1) is 0 Å². The third kappa shape index (κ3) is 1.88. The molecule has 0 radical (unpaired) electrons. The third-order valence-electron chi connectivity index (χ3n) is 2.67. The molecule has 3 aromatic rings. The summed E-state index contributed by atoms with van der Waals surface area (Å²) in [5.74, 6) is 1.03. The Morgan fingerprint density at radius 2 is 1.83 bits per heavy atom. The third-order valence-corrected chi connectivity index (χ3v) is 2.67. The summed E-state index contributed by atoms with van der Waals surface area (Å²) in [6.07, 6.45) is 1.72. The average molecular weight is 237 g/mol. The molecule has 0 bridgehead atoms. The number of aryl methyl sites for hydroxylation is 1. The summed E-state index contributed by atoms with van der Waals surface area (Å²) in [5.41, 5.74) is 2.69. The minimum absolute atomic E-state index is 0.510. The summed E-state index contributed by atoms with van der Waals surface area (Å²) >= 11 is 0. The van der Waals surface area contributed by atoms with Gasteiger partial charge in [0.25, 0.3) is 5.89 Å². The number of pyridine rings is 1. The maximum Gasteiger partial charge on any atom is 0.258 e. The quantitative estimate of drug-likeness (QED) is 0.687. The molecule has 4 nitrogen and oxygen atoms in total. The molecule has 0 aliphatic heterocycles. The molecule has 0 spiro atoms. The van der Waals surface area contributed by atoms with E-state index in [0.29, 0.717) is 11.7 Å². The van der Waals surface area contributed by atoms with Gasteiger partial charge in [0.1, 0.15) is 5.69 Å². The Labute approximate surface area is 104 Å². The SMILES string of the molecule is Cc1cccnc1-c1noc(-c2ccccc2)n1. The van der Waals surface area contributed by atoms with Gasteiger partial charge in [0.2, 0.25) is 5.82 Å². The molecule has 0 unspecified atom stereocenters. The van der Waals surface area contributed by atoms with E-state index in [0.717, 1.165) is 16.8 Å². The first-order chi connectivity index (χ1) is 8.84. The smallest absolute Gasteiger partial charge is 0.258 e. The Bertz CT molecular complexity index is 662. The van der Waals surface area contributed by atoms with Gasteiger partial charge < -0.3 is 4.52 Å². The number of aromatic nitrogens is 3. The standard InChI is InChI=1S/C14H11N3O/c1-10-6-5-9-15-12(10)13-16-14(18-17-13)11-7-3-2-4-8-11/h2-9H,1H3. The van der Waals surface area contributed by atoms with E-state index in [1.165, 1.54) is 0 Å². The topological polar surface area (TPSA) is 51.8 Å². The predicted octanol–water partition coefficient (Wildman–Crippen LogP) is 3.11. The van der Waals surface area contributed by atoms with Crippen LogP contribution < -0.4 is 0 Å². The number of hydrogen-bond donors (Lipinski definition) is 0. The number of rotatable bonds is 2. The lowest BCUT2D eigenvalue weighted by atomic mass is 10.2. The van der Waals surface area contributed by atoms with Gasteiger partial charge in [-0.1, -0.05) is 29.4 Å². The van der Waals surface area contributed by atoms with Crippen molar-refractivity contribution in [2.75, 3.05) is 0 Å². The number of benzene rings is 1. The monoisotopic (exact) mass is 237 g/mol. The van der Waals surface area contributed by atoms with Gasteiger partial charge in [0.05, 0.1) is 0 Å². The predicted molar refractivity (Wildman–Crippen MR) is 67.7 cm³/mol. The van der Waals surface area contributed by atoms with Crippen molar-refractivity contribution < 1.29 is 4.52 Å². The van der Waals surface area contributed by atoms with Crippen LogP contribution in [0.3, 0.4) is 0 Å². The van der Waals surface area contributed by atoms with Crippen LogP contribution in [-0.2, 0) is 0 Å². The lowest BCUT2D eigenvalue weighted by molar-refractivity contribution is 0.432. The van der Waals surface area contributed by atoms with Crippen LogP contribution >= 0.6 is 0 Å². The Morgan fingerprint density at radius 1 is 1.00 bits per heavy atom. The lowest BCUT2D eigenvalue weighted by Gasteiger charge is -1.96. The molecule has 0 amide bonds. The second-order valence-corrected chi connectivity index (χ2v) is 3.96. The molecule has 1 aromatic carbocycles. The molecule has 2 heterocycles. The van der Waals surface area contributed by atoms with Crippen molar-refractivity contribution in [3.8, 4) is 23.0 Å². The van der Waals surface area contributed by atoms with E-state index in [4.69, 9.17) is 4.52 Å². The van der Waals surface area contributed by atoms with E-state index < -0.39 is 0 Å². The molecule has 0 saturated heterocycles. The molecule has 0 atom stereocenters. The van der Waals surface area contributed by atoms with Crippen LogP contribution in [0.5, 0.6) is 0 Å². The van der Waals surface area contributed by atoms with Gasteiger partial charge in [0.15, 0.2) is 0 Å². The summed E-state index contributed by atoms with van der Waals surface area (Å²) in [5, 5.41) is 3.98. The summed E-state index contributed by atoms with van der Waals surface area (Å²) in [7, 11) is 0. The molecule has 88 valence electrons. The van der Waals surface area contributed by atoms with Crippen LogP contribution in [0.2, 0.25) is 0 Å². The van der Waals surface area contributed by atoms with Crippen molar-refractivity contribution in [3.05, 3.63) is 54.2 Å². The van der Waals surface area contributed by atoms with Crippen molar-refractivity contribution in [1.29, 1.82) is 0 Å². The summed E-state index contributed by atoms with van der Waals surface area (Å²) in [6, 6.07) is 13.5. The molecule has 4 heteroatoms. The molecule has 3 rings (SSSR count). The first-order valence-corrected chi connectivity index (χ1v) is 5.66. The van der Waals surface area contributed by atoms with Crippen LogP contribution in [0, 0.1) is 6.92 Å². The van der Waals surface area contributed by atoms with E-state index >= 15 is 0 Å². The van der Waals surface area contributed by atoms with E-state index in [2.05, 4.69) is 15.1 Å². The molecule has 0 N–H and O–H groups in total. The van der Waals surface area contributed by atoms with Crippen LogP contribution in [0.1, 0.15) is 5.56 Å². The first-order valence-electron chi connectivity index (χ1n) is 5.66. The fourth-order valence-corrected chi connectivity index (χ4v) is 1.74. The van der Waals surface area contributed by atoms with Gasteiger partial charge >= 0.3 is 0 Å². The number of nitrogens with zero attached hydrogens (tertiary/aromatic N) is 3. The van der Waals surface area contributed by atoms with Crippen molar-refractivity contribution >= 4 is 0 Å². The summed E-state index contributed by atoms with van der Waals surface area (Å²) < 4.78 is 5.26. The van der Waals surface area contributed by atoms with Gasteiger partial charge in [-0.25, -0.2) is 0 Å². The molecule has 0 aliphatic carbocycles. The zero-order chi connectivity index (χ0) is 12.4. The van der Waals surface area contributed by atoms with Crippen molar-refractivity contribution in [2.45, 2.75) is 6.92 Å². The van der Waals surface area contributed by atoms with Crippen LogP contribution in [0.15, 0.2) is 53.2 Å². The Kier molecular flexibility index (Phi) is 2.61. The highest BCUT2D eigenvalue weighted by atomic mass is 16.5. The van der Waals surface area contributed by atoms with Gasteiger partial charge in [-0.2, -0.15) is 4.98 Å². The highest BCUT2D eigenvalue weighted by Crippen LogP contribution is 2.22. The molecular formula is C14H11N3O. The fraction of sp³-hybridized carbons (Fsp3) is 0.0714. The van der Waals surface area contributed by atoms with Gasteiger partial charge in [0, 0.05) is 11.8 Å². The normalized spacial score (nSPS) is 10.5. The molecule has 18 heavy (non-hydrogen) atoms. The van der Waals surface area contributed by atoms with Crippen LogP contribution in [-0.4, -0.2) is 15.1 Å². The Morgan fingerprint density at radius 3 is 2.61 bits per heavy atom. The molecule has 2 aromatic heterocycles. The van der Waals surface area contributed by atoms with E-state index in [9.17, 15) is 0 Å². The largest absolute Gasteiger partial charge is 0.334 e. The highest BCUT2D eigenvalue weighted by Gasteiger charge is 2.12. The first kappa shape index (κ1) is 10.7. The van der Waals surface area contributed by atoms with E-state index in [1.54, 1.807) is 6.20 Å². The van der Waals surface area contributed by atoms with Crippen molar-refractivity contribution in [3.63, 3.8) is 0 Å². The maximum absolute atomic E-state index is 5.26. The minimum Gasteiger partial charge on any atom is -0.334 e. The van der Waals surface area contributed by atoms with Crippen LogP contribution in [0.4, 0.5) is 0 Å². The zero-order valence-corrected chi connectivity index (χ0v) is 9.87. The summed E-state index contributed by atoms with van der Waals surface area (Å²) in [4.78, 5) is 8.64. The van der Waals surface area contributed by atoms with Crippen molar-refractivity contribution in [2.24, 2.45) is 0 Å². The second kappa shape index (κ2) is 4.41. The average Bonchev–Trinajstić information content (AvgIpc) is 2.90. The Hall–Kier alpha value is -2.49. The Balaban J connectivity index is 2.03. The van der Waals surface area contributed by atoms with Gasteiger partial charge in [-0.3, -0.25) is 4.98 Å². The molecule has 0 saturated carbocycles. The molecule has 0 aliphatic rings. The van der Waals surface area contributed by atoms with Gasteiger partial charge in [-0.05, 0) is 30.7 Å². The van der Waals surface area contributed by atoms with Crippen molar-refractivity contribution in [1.82, 2.24) is 15.1 Å². The van der Waals surface area contributed by atoms with Crippen LogP contribution in [0.25, 0.3) is 23.0 Å². The fourth-order valence-electron chi connectivity index (χ4n) is 1.74. The molecular weight excluding hydrogens is 226 g/mol. The zero-order valence-electron chi connectivity index (χ0n) is 9.87. The van der Waals surface area contributed by atoms with E-state index in [-0.39, 0.29) is 0 Å². The molecule has 0 fully saturated rings. The van der Waals surface area contributed by atoms with E-state index in [1.807, 2.05) is 49.4 Å². The highest BCUT2D eigenvalue weighted by molar-refractivity contribution is 5.58. The maximum atomic E-state index is 5.26. The summed E-state index contributed by atoms with van der Waals surface area (Å²) in [6.45, 7) is 1.97. The lowest BCUT2D eigenvalue weighted by Crippen LogP contribution is -1.89. The number of hydrogen-bond acceptors (Lipinski definition) is 4. The second-order valence-electron chi connectivity index (χ2n) is 3.96. The minimum atomic E-state index is 0.510.